The molecule has 1 amide bonds. The number of fused-ring (bicyclic) bond motifs is 2. The first-order chi connectivity index (χ1) is 19.7. The first-order valence-electron chi connectivity index (χ1n) is 13.3. The number of phenols is 1. The predicted octanol–water partition coefficient (Wildman–Crippen LogP) is 4.15. The van der Waals surface area contributed by atoms with E-state index in [2.05, 4.69) is 16.5 Å². The minimum Gasteiger partial charge on any atom is -0.507 e. The van der Waals surface area contributed by atoms with Gasteiger partial charge in [-0.25, -0.2) is 23.1 Å². The molecular formula is C30H27F2N5O4. The number of para-hydroxylation sites is 1. The second-order valence-electron chi connectivity index (χ2n) is 10.3. The topological polar surface area (TPSA) is 101 Å². The molecule has 210 valence electrons. The molecule has 2 aliphatic heterocycles. The summed E-state index contributed by atoms with van der Waals surface area (Å²) in [6, 6.07) is 10.4. The van der Waals surface area contributed by atoms with Crippen LogP contribution in [0, 0.1) is 11.6 Å². The van der Waals surface area contributed by atoms with E-state index in [0.717, 1.165) is 11.6 Å². The summed E-state index contributed by atoms with van der Waals surface area (Å²) in [4.78, 5) is 38.5. The van der Waals surface area contributed by atoms with Gasteiger partial charge in [0.05, 0.1) is 17.3 Å². The Bertz CT molecular complexity index is 1770. The summed E-state index contributed by atoms with van der Waals surface area (Å²) < 4.78 is 38.7. The van der Waals surface area contributed by atoms with Gasteiger partial charge in [0.1, 0.15) is 35.1 Å². The zero-order valence-electron chi connectivity index (χ0n) is 22.5. The van der Waals surface area contributed by atoms with E-state index in [0.29, 0.717) is 18.8 Å². The van der Waals surface area contributed by atoms with Gasteiger partial charge in [-0.05, 0) is 35.8 Å². The number of rotatable bonds is 4. The number of phenolic OH excluding ortho intramolecular Hbond substituents is 1. The lowest BCUT2D eigenvalue weighted by atomic mass is 10.0. The molecule has 0 radical (unpaired) electrons. The van der Waals surface area contributed by atoms with E-state index in [1.165, 1.54) is 22.8 Å². The molecule has 6 rings (SSSR count). The molecule has 2 aromatic heterocycles. The van der Waals surface area contributed by atoms with E-state index < -0.39 is 40.4 Å². The molecule has 1 saturated heterocycles. The summed E-state index contributed by atoms with van der Waals surface area (Å²) in [7, 11) is 0. The molecule has 1 N–H and O–H groups in total. The molecule has 2 aliphatic rings. The van der Waals surface area contributed by atoms with Crippen LogP contribution in [0.5, 0.6) is 11.5 Å². The number of carbonyl (C=O) groups is 1. The third-order valence-electron chi connectivity index (χ3n) is 7.59. The van der Waals surface area contributed by atoms with Gasteiger partial charge in [-0.1, -0.05) is 44.7 Å². The lowest BCUT2D eigenvalue weighted by molar-refractivity contribution is -0.126. The average molecular weight is 560 g/mol. The van der Waals surface area contributed by atoms with E-state index in [1.54, 1.807) is 17.0 Å². The van der Waals surface area contributed by atoms with Gasteiger partial charge in [-0.3, -0.25) is 4.79 Å². The molecule has 1 unspecified atom stereocenters. The third kappa shape index (κ3) is 4.19. The highest BCUT2D eigenvalue weighted by Gasteiger charge is 2.38. The number of hydrogen-bond acceptors (Lipinski definition) is 7. The number of aromatic nitrogens is 3. The summed E-state index contributed by atoms with van der Waals surface area (Å²) in [5.74, 6) is -2.74. The molecule has 11 heteroatoms. The normalized spacial score (nSPS) is 16.4. The van der Waals surface area contributed by atoms with Gasteiger partial charge >= 0.3 is 5.69 Å². The minimum atomic E-state index is -0.998. The van der Waals surface area contributed by atoms with Crippen LogP contribution >= 0.6 is 0 Å². The lowest BCUT2D eigenvalue weighted by Crippen LogP contribution is -2.56. The van der Waals surface area contributed by atoms with Gasteiger partial charge < -0.3 is 19.6 Å². The Morgan fingerprint density at radius 2 is 1.93 bits per heavy atom. The van der Waals surface area contributed by atoms with Crippen LogP contribution < -0.4 is 15.3 Å². The number of anilines is 1. The average Bonchev–Trinajstić information content (AvgIpc) is 3.12. The van der Waals surface area contributed by atoms with Gasteiger partial charge in [0, 0.05) is 19.6 Å². The van der Waals surface area contributed by atoms with E-state index in [-0.39, 0.29) is 47.6 Å². The number of aromatic hydroxyl groups is 1. The van der Waals surface area contributed by atoms with Gasteiger partial charge in [0.15, 0.2) is 17.2 Å². The van der Waals surface area contributed by atoms with Crippen LogP contribution in [0.2, 0.25) is 0 Å². The largest absolute Gasteiger partial charge is 0.507 e. The monoisotopic (exact) mass is 559 g/mol. The molecule has 4 aromatic rings. The van der Waals surface area contributed by atoms with Crippen LogP contribution in [0.1, 0.15) is 25.3 Å². The molecule has 9 nitrogen and oxygen atoms in total. The zero-order valence-corrected chi connectivity index (χ0v) is 22.5. The lowest BCUT2D eigenvalue weighted by Gasteiger charge is -2.40. The SMILES string of the molecule is C=CC(=O)N1CCN2c3nc(=O)n(-c4ccccc4C(C)C)c4nc(-c5c(O)cccc5F)c(F)c(c34)OCC2C1. The van der Waals surface area contributed by atoms with Crippen LogP contribution in [-0.2, 0) is 4.79 Å². The molecule has 4 heterocycles. The van der Waals surface area contributed by atoms with E-state index in [9.17, 15) is 14.7 Å². The highest BCUT2D eigenvalue weighted by Crippen LogP contribution is 2.43. The Balaban J connectivity index is 1.69. The molecule has 1 fully saturated rings. The van der Waals surface area contributed by atoms with E-state index in [4.69, 9.17) is 4.74 Å². The second-order valence-corrected chi connectivity index (χ2v) is 10.3. The Hall–Kier alpha value is -4.80. The second kappa shape index (κ2) is 9.99. The first-order valence-corrected chi connectivity index (χ1v) is 13.3. The number of piperazine rings is 1. The van der Waals surface area contributed by atoms with Gasteiger partial charge in [0.25, 0.3) is 0 Å². The smallest absolute Gasteiger partial charge is 0.355 e. The number of halogens is 2. The van der Waals surface area contributed by atoms with Crippen LogP contribution in [-0.4, -0.2) is 62.7 Å². The van der Waals surface area contributed by atoms with Crippen LogP contribution in [0.3, 0.4) is 0 Å². The molecule has 0 bridgehead atoms. The summed E-state index contributed by atoms with van der Waals surface area (Å²) in [5, 5.41) is 10.7. The summed E-state index contributed by atoms with van der Waals surface area (Å²) in [6.45, 7) is 8.32. The van der Waals surface area contributed by atoms with Crippen LogP contribution in [0.4, 0.5) is 14.6 Å². The van der Waals surface area contributed by atoms with Crippen molar-refractivity contribution in [3.63, 3.8) is 0 Å². The van der Waals surface area contributed by atoms with Crippen molar-refractivity contribution >= 4 is 22.8 Å². The van der Waals surface area contributed by atoms with Gasteiger partial charge in [-0.2, -0.15) is 4.98 Å². The number of amides is 1. The van der Waals surface area contributed by atoms with Crippen molar-refractivity contribution in [1.29, 1.82) is 0 Å². The highest BCUT2D eigenvalue weighted by molar-refractivity contribution is 5.97. The van der Waals surface area contributed by atoms with Crippen molar-refractivity contribution in [2.45, 2.75) is 25.8 Å². The minimum absolute atomic E-state index is 0.00685. The summed E-state index contributed by atoms with van der Waals surface area (Å²) >= 11 is 0. The molecule has 0 saturated carbocycles. The molecular weight excluding hydrogens is 532 g/mol. The zero-order chi connectivity index (χ0) is 29.0. The maximum atomic E-state index is 16.3. The summed E-state index contributed by atoms with van der Waals surface area (Å²) in [6.07, 6.45) is 1.22. The standard InChI is InChI=1S/C30H27F2N5O4/c1-4-22(39)35-12-13-36-17(14-35)15-41-27-24-28(36)34-30(40)37(20-10-6-5-8-18(20)16(2)3)29(24)33-26(25(27)32)23-19(31)9-7-11-21(23)38/h4-11,16-17,38H,1,12-15H2,2-3H3. The molecule has 41 heavy (non-hydrogen) atoms. The fraction of sp³-hybridized carbons (Fsp3) is 0.267. The van der Waals surface area contributed by atoms with Crippen molar-refractivity contribution in [1.82, 2.24) is 19.4 Å². The van der Waals surface area contributed by atoms with E-state index >= 15 is 8.78 Å². The first kappa shape index (κ1) is 26.4. The van der Waals surface area contributed by atoms with Crippen LogP contribution in [0.25, 0.3) is 28.0 Å². The number of nitrogens with zero attached hydrogens (tertiary/aromatic N) is 5. The maximum absolute atomic E-state index is 16.3. The third-order valence-corrected chi connectivity index (χ3v) is 7.59. The highest BCUT2D eigenvalue weighted by atomic mass is 19.1. The van der Waals surface area contributed by atoms with Crippen molar-refractivity contribution in [2.75, 3.05) is 31.1 Å². The maximum Gasteiger partial charge on any atom is 0.355 e. The Morgan fingerprint density at radius 3 is 2.66 bits per heavy atom. The molecule has 1 atom stereocenters. The molecule has 0 aliphatic carbocycles. The molecule has 2 aromatic carbocycles. The van der Waals surface area contributed by atoms with E-state index in [1.807, 2.05) is 30.9 Å². The van der Waals surface area contributed by atoms with Crippen molar-refractivity contribution in [3.8, 4) is 28.4 Å². The predicted molar refractivity (Wildman–Crippen MR) is 150 cm³/mol. The summed E-state index contributed by atoms with van der Waals surface area (Å²) in [5.41, 5.74) is -0.308. The van der Waals surface area contributed by atoms with Gasteiger partial charge in [0.2, 0.25) is 5.91 Å². The number of pyridine rings is 1. The Labute approximate surface area is 233 Å². The van der Waals surface area contributed by atoms with Crippen molar-refractivity contribution in [3.05, 3.63) is 82.8 Å². The fourth-order valence-corrected chi connectivity index (χ4v) is 5.62. The van der Waals surface area contributed by atoms with Crippen LogP contribution in [0.15, 0.2) is 59.9 Å². The van der Waals surface area contributed by atoms with Gasteiger partial charge in [-0.15, -0.1) is 0 Å². The number of carbonyl (C=O) groups excluding carboxylic acids is 1. The Kier molecular flexibility index (Phi) is 6.44. The number of benzene rings is 2. The Morgan fingerprint density at radius 1 is 1.15 bits per heavy atom. The number of ether oxygens (including phenoxy) is 1. The van der Waals surface area contributed by atoms with Crippen molar-refractivity contribution < 1.29 is 23.4 Å². The number of hydrogen-bond donors (Lipinski definition) is 1. The molecule has 0 spiro atoms. The quantitative estimate of drug-likeness (QED) is 0.375. The fourth-order valence-electron chi connectivity index (χ4n) is 5.62. The van der Waals surface area contributed by atoms with Crippen molar-refractivity contribution in [2.24, 2.45) is 0 Å².